The van der Waals surface area contributed by atoms with E-state index in [2.05, 4.69) is 18.1 Å². The van der Waals surface area contributed by atoms with Gasteiger partial charge in [-0.2, -0.15) is 4.31 Å². The van der Waals surface area contributed by atoms with E-state index in [9.17, 15) is 8.42 Å². The van der Waals surface area contributed by atoms with Crippen molar-refractivity contribution in [3.8, 4) is 0 Å². The summed E-state index contributed by atoms with van der Waals surface area (Å²) in [6.07, 6.45) is 5.69. The van der Waals surface area contributed by atoms with Crippen molar-refractivity contribution < 1.29 is 8.42 Å². The van der Waals surface area contributed by atoms with Crippen LogP contribution < -0.4 is 5.73 Å². The maximum absolute atomic E-state index is 12.2. The summed E-state index contributed by atoms with van der Waals surface area (Å²) in [5.74, 6) is 0. The van der Waals surface area contributed by atoms with E-state index in [0.29, 0.717) is 5.69 Å². The Labute approximate surface area is 101 Å². The first-order valence-corrected chi connectivity index (χ1v) is 6.39. The summed E-state index contributed by atoms with van der Waals surface area (Å²) in [4.78, 5) is 3.84. The third kappa shape index (κ3) is 3.15. The molecule has 92 valence electrons. The molecule has 1 aromatic rings. The Morgan fingerprint density at radius 3 is 2.35 bits per heavy atom. The topological polar surface area (TPSA) is 76.3 Å². The molecule has 0 aliphatic rings. The second kappa shape index (κ2) is 5.60. The number of nitrogens with two attached hydrogens (primary N) is 1. The number of anilines is 1. The number of sulfonamides is 1. The summed E-state index contributed by atoms with van der Waals surface area (Å²) in [5.41, 5.74) is 5.83. The summed E-state index contributed by atoms with van der Waals surface area (Å²) in [7, 11) is -3.60. The van der Waals surface area contributed by atoms with Crippen molar-refractivity contribution in [2.75, 3.05) is 18.8 Å². The summed E-state index contributed by atoms with van der Waals surface area (Å²) >= 11 is 0. The lowest BCUT2D eigenvalue weighted by molar-refractivity contribution is 0.474. The van der Waals surface area contributed by atoms with Crippen LogP contribution in [0.4, 0.5) is 5.69 Å². The number of nitrogens with zero attached hydrogens (tertiary/aromatic N) is 2. The molecule has 1 aromatic heterocycles. The Bertz CT molecular complexity index is 501. The number of aromatic nitrogens is 1. The summed E-state index contributed by atoms with van der Waals surface area (Å²) in [6, 6.07) is 1.38. The van der Waals surface area contributed by atoms with Crippen LogP contribution in [0.5, 0.6) is 0 Å². The zero-order valence-electron chi connectivity index (χ0n) is 9.41. The van der Waals surface area contributed by atoms with E-state index >= 15 is 0 Å². The van der Waals surface area contributed by atoms with Gasteiger partial charge < -0.3 is 5.73 Å². The van der Waals surface area contributed by atoms with Crippen molar-refractivity contribution in [3.05, 3.63) is 43.8 Å². The molecular weight excluding hydrogens is 238 g/mol. The van der Waals surface area contributed by atoms with Gasteiger partial charge in [0.2, 0.25) is 10.0 Å². The number of pyridine rings is 1. The van der Waals surface area contributed by atoms with E-state index in [-0.39, 0.29) is 18.0 Å². The molecule has 0 aromatic carbocycles. The summed E-state index contributed by atoms with van der Waals surface area (Å²) in [6.45, 7) is 7.48. The Morgan fingerprint density at radius 1 is 1.29 bits per heavy atom. The van der Waals surface area contributed by atoms with Gasteiger partial charge in [0, 0.05) is 25.5 Å². The molecule has 6 heteroatoms. The Kier molecular flexibility index (Phi) is 4.42. The smallest absolute Gasteiger partial charge is 0.245 e. The molecule has 17 heavy (non-hydrogen) atoms. The quantitative estimate of drug-likeness (QED) is 0.768. The minimum absolute atomic E-state index is 0.0706. The highest BCUT2D eigenvalue weighted by Gasteiger charge is 2.22. The molecule has 5 nitrogen and oxygen atoms in total. The molecule has 0 atom stereocenters. The van der Waals surface area contributed by atoms with Crippen molar-refractivity contribution in [3.63, 3.8) is 0 Å². The van der Waals surface area contributed by atoms with Gasteiger partial charge in [-0.1, -0.05) is 12.2 Å². The van der Waals surface area contributed by atoms with Crippen LogP contribution in [-0.2, 0) is 10.0 Å². The van der Waals surface area contributed by atoms with Gasteiger partial charge in [0.05, 0.1) is 5.69 Å². The monoisotopic (exact) mass is 253 g/mol. The molecule has 0 bridgehead atoms. The molecule has 0 saturated heterocycles. The molecule has 0 aliphatic carbocycles. The molecule has 0 spiro atoms. The Hall–Kier alpha value is -1.66. The number of hydrogen-bond donors (Lipinski definition) is 1. The van der Waals surface area contributed by atoms with Gasteiger partial charge in [-0.3, -0.25) is 4.98 Å². The molecule has 0 fully saturated rings. The Balaban J connectivity index is 3.15. The second-order valence-electron chi connectivity index (χ2n) is 3.35. The molecule has 0 aliphatic heterocycles. The van der Waals surface area contributed by atoms with E-state index in [1.54, 1.807) is 0 Å². The zero-order valence-corrected chi connectivity index (χ0v) is 10.2. The molecule has 0 unspecified atom stereocenters. The predicted molar refractivity (Wildman–Crippen MR) is 67.8 cm³/mol. The minimum atomic E-state index is -3.60. The molecule has 1 heterocycles. The van der Waals surface area contributed by atoms with Crippen molar-refractivity contribution >= 4 is 15.7 Å². The van der Waals surface area contributed by atoms with Gasteiger partial charge in [-0.15, -0.1) is 13.2 Å². The standard InChI is InChI=1S/C11H15N3O2S/c1-3-5-14(6-4-2)17(15,16)11-7-10(12)8-13-9-11/h3-4,7-9H,1-2,5-6,12H2. The van der Waals surface area contributed by atoms with E-state index < -0.39 is 10.0 Å². The predicted octanol–water partition coefficient (Wildman–Crippen LogP) is 1.03. The zero-order chi connectivity index (χ0) is 12.9. The van der Waals surface area contributed by atoms with E-state index in [0.717, 1.165) is 0 Å². The average molecular weight is 253 g/mol. The van der Waals surface area contributed by atoms with Crippen molar-refractivity contribution in [1.82, 2.24) is 9.29 Å². The van der Waals surface area contributed by atoms with Crippen LogP contribution in [0, 0.1) is 0 Å². The normalized spacial score (nSPS) is 11.4. The van der Waals surface area contributed by atoms with Crippen LogP contribution in [-0.4, -0.2) is 30.8 Å². The average Bonchev–Trinajstić information content (AvgIpc) is 2.29. The van der Waals surface area contributed by atoms with Gasteiger partial charge in [0.25, 0.3) is 0 Å². The first-order chi connectivity index (χ1) is 8.02. The number of nitrogen functional groups attached to an aromatic ring is 1. The summed E-state index contributed by atoms with van der Waals surface area (Å²) < 4.78 is 25.6. The van der Waals surface area contributed by atoms with Gasteiger partial charge in [-0.05, 0) is 6.07 Å². The maximum atomic E-state index is 12.2. The van der Waals surface area contributed by atoms with Crippen LogP contribution in [0.25, 0.3) is 0 Å². The molecule has 0 radical (unpaired) electrons. The van der Waals surface area contributed by atoms with Crippen molar-refractivity contribution in [2.24, 2.45) is 0 Å². The molecule has 0 saturated carbocycles. The maximum Gasteiger partial charge on any atom is 0.245 e. The fourth-order valence-electron chi connectivity index (χ4n) is 1.28. The highest BCUT2D eigenvalue weighted by atomic mass is 32.2. The van der Waals surface area contributed by atoms with Gasteiger partial charge >= 0.3 is 0 Å². The lowest BCUT2D eigenvalue weighted by atomic mass is 10.4. The molecular formula is C11H15N3O2S. The van der Waals surface area contributed by atoms with E-state index in [1.165, 1.54) is 34.9 Å². The molecule has 1 rings (SSSR count). The fraction of sp³-hybridized carbons (Fsp3) is 0.182. The minimum Gasteiger partial charge on any atom is -0.397 e. The van der Waals surface area contributed by atoms with Crippen molar-refractivity contribution in [2.45, 2.75) is 4.90 Å². The Morgan fingerprint density at radius 2 is 1.88 bits per heavy atom. The van der Waals surface area contributed by atoms with E-state index in [4.69, 9.17) is 5.73 Å². The van der Waals surface area contributed by atoms with Crippen LogP contribution in [0.2, 0.25) is 0 Å². The van der Waals surface area contributed by atoms with Gasteiger partial charge in [0.15, 0.2) is 0 Å². The lowest BCUT2D eigenvalue weighted by Crippen LogP contribution is -2.31. The third-order valence-electron chi connectivity index (χ3n) is 2.04. The first kappa shape index (κ1) is 13.4. The first-order valence-electron chi connectivity index (χ1n) is 4.95. The second-order valence-corrected chi connectivity index (χ2v) is 5.29. The highest BCUT2D eigenvalue weighted by Crippen LogP contribution is 2.16. The van der Waals surface area contributed by atoms with Crippen LogP contribution in [0.1, 0.15) is 0 Å². The fourth-order valence-corrected chi connectivity index (χ4v) is 2.67. The molecule has 2 N–H and O–H groups in total. The number of hydrogen-bond acceptors (Lipinski definition) is 4. The SMILES string of the molecule is C=CCN(CC=C)S(=O)(=O)c1cncc(N)c1. The third-order valence-corrected chi connectivity index (χ3v) is 3.83. The largest absolute Gasteiger partial charge is 0.397 e. The molecule has 0 amide bonds. The lowest BCUT2D eigenvalue weighted by Gasteiger charge is -2.18. The van der Waals surface area contributed by atoms with Crippen LogP contribution >= 0.6 is 0 Å². The van der Waals surface area contributed by atoms with E-state index in [1.807, 2.05) is 0 Å². The number of rotatable bonds is 6. The van der Waals surface area contributed by atoms with Gasteiger partial charge in [-0.25, -0.2) is 8.42 Å². The van der Waals surface area contributed by atoms with Crippen LogP contribution in [0.3, 0.4) is 0 Å². The van der Waals surface area contributed by atoms with Crippen LogP contribution in [0.15, 0.2) is 48.7 Å². The van der Waals surface area contributed by atoms with Gasteiger partial charge in [0.1, 0.15) is 4.90 Å². The van der Waals surface area contributed by atoms with Crippen molar-refractivity contribution in [1.29, 1.82) is 0 Å². The highest BCUT2D eigenvalue weighted by molar-refractivity contribution is 7.89. The summed E-state index contributed by atoms with van der Waals surface area (Å²) in [5, 5.41) is 0.